The average molecular weight is 250 g/mol. The Kier molecular flexibility index (Phi) is 2.13. The van der Waals surface area contributed by atoms with Crippen molar-refractivity contribution < 1.29 is 14.3 Å². The first-order chi connectivity index (χ1) is 8.13. The molecule has 5 heteroatoms. The van der Waals surface area contributed by atoms with E-state index in [0.717, 1.165) is 22.5 Å². The summed E-state index contributed by atoms with van der Waals surface area (Å²) in [5, 5.41) is 9.39. The first-order valence-corrected chi connectivity index (χ1v) is 6.22. The zero-order chi connectivity index (χ0) is 12.0. The predicted molar refractivity (Wildman–Crippen MR) is 63.5 cm³/mol. The number of carbonyl (C=O) groups is 1. The topological polar surface area (TPSA) is 67.5 Å². The maximum absolute atomic E-state index is 11.4. The van der Waals surface area contributed by atoms with Crippen LogP contribution in [0.2, 0.25) is 0 Å². The van der Waals surface area contributed by atoms with Crippen molar-refractivity contribution in [3.63, 3.8) is 0 Å². The van der Waals surface area contributed by atoms with Crippen molar-refractivity contribution in [2.45, 2.75) is 24.7 Å². The van der Waals surface area contributed by atoms with E-state index in [1.165, 1.54) is 0 Å². The van der Waals surface area contributed by atoms with Crippen molar-refractivity contribution in [1.82, 2.24) is 0 Å². The molecule has 1 fully saturated rings. The highest BCUT2D eigenvalue weighted by Crippen LogP contribution is 2.46. The number of aliphatic carboxylic acids is 1. The van der Waals surface area contributed by atoms with Crippen LogP contribution in [0.25, 0.3) is 10.3 Å². The molecule has 0 unspecified atom stereocenters. The fraction of sp³-hybridized carbons (Fsp3) is 0.333. The molecule has 0 spiro atoms. The van der Waals surface area contributed by atoms with Gasteiger partial charge in [-0.05, 0) is 18.9 Å². The Bertz CT molecular complexity index is 648. The van der Waals surface area contributed by atoms with Gasteiger partial charge in [0.25, 0.3) is 0 Å². The SMILES string of the molecule is O=C(O)C1(c2cccc3sc(=O)oc23)CCC1. The molecule has 0 radical (unpaired) electrons. The maximum Gasteiger partial charge on any atom is 0.396 e. The van der Waals surface area contributed by atoms with E-state index in [1.807, 2.05) is 0 Å². The van der Waals surface area contributed by atoms with Crippen LogP contribution in [0.3, 0.4) is 0 Å². The largest absolute Gasteiger partial charge is 0.481 e. The maximum atomic E-state index is 11.4. The number of fused-ring (bicyclic) bond motifs is 1. The third-order valence-electron chi connectivity index (χ3n) is 3.49. The van der Waals surface area contributed by atoms with Crippen LogP contribution in [-0.4, -0.2) is 11.1 Å². The van der Waals surface area contributed by atoms with Crippen molar-refractivity contribution in [3.05, 3.63) is 33.5 Å². The number of rotatable bonds is 2. The molecule has 0 saturated heterocycles. The van der Waals surface area contributed by atoms with Crippen molar-refractivity contribution in [2.75, 3.05) is 0 Å². The molecule has 1 aromatic heterocycles. The minimum Gasteiger partial charge on any atom is -0.481 e. The first kappa shape index (κ1) is 10.5. The summed E-state index contributed by atoms with van der Waals surface area (Å²) in [7, 11) is 0. The number of hydrogen-bond donors (Lipinski definition) is 1. The Morgan fingerprint density at radius 3 is 2.76 bits per heavy atom. The second-order valence-electron chi connectivity index (χ2n) is 4.33. The summed E-state index contributed by atoms with van der Waals surface area (Å²) >= 11 is 1.01. The molecular weight excluding hydrogens is 240 g/mol. The highest BCUT2D eigenvalue weighted by atomic mass is 32.1. The molecule has 0 bridgehead atoms. The smallest absolute Gasteiger partial charge is 0.396 e. The average Bonchev–Trinajstić information content (AvgIpc) is 2.56. The third-order valence-corrected chi connectivity index (χ3v) is 4.28. The lowest BCUT2D eigenvalue weighted by atomic mass is 9.64. The summed E-state index contributed by atoms with van der Waals surface area (Å²) in [5.74, 6) is -0.829. The van der Waals surface area contributed by atoms with Gasteiger partial charge in [-0.2, -0.15) is 0 Å². The van der Waals surface area contributed by atoms with Gasteiger partial charge in [-0.1, -0.05) is 29.9 Å². The summed E-state index contributed by atoms with van der Waals surface area (Å²) in [6.45, 7) is 0. The van der Waals surface area contributed by atoms with Crippen LogP contribution in [0.1, 0.15) is 24.8 Å². The minimum absolute atomic E-state index is 0.382. The standard InChI is InChI=1S/C12H10O4S/c13-10(14)12(5-2-6-12)7-3-1-4-8-9(7)16-11(15)17-8/h1,3-4H,2,5-6H2,(H,13,14). The molecule has 1 saturated carbocycles. The molecule has 3 rings (SSSR count). The van der Waals surface area contributed by atoms with Gasteiger partial charge in [0.05, 0.1) is 10.1 Å². The van der Waals surface area contributed by atoms with Crippen LogP contribution >= 0.6 is 11.3 Å². The predicted octanol–water partition coefficient (Wildman–Crippen LogP) is 2.36. The molecule has 0 amide bonds. The Hall–Kier alpha value is -1.62. The second kappa shape index (κ2) is 3.43. The van der Waals surface area contributed by atoms with Gasteiger partial charge in [-0.3, -0.25) is 4.79 Å². The van der Waals surface area contributed by atoms with Gasteiger partial charge < -0.3 is 9.52 Å². The van der Waals surface area contributed by atoms with Gasteiger partial charge in [-0.25, -0.2) is 4.79 Å². The lowest BCUT2D eigenvalue weighted by Crippen LogP contribution is -2.42. The monoisotopic (exact) mass is 250 g/mol. The molecule has 1 aliphatic rings. The normalized spacial score (nSPS) is 17.9. The quantitative estimate of drug-likeness (QED) is 0.888. The van der Waals surface area contributed by atoms with Crippen LogP contribution in [0.5, 0.6) is 0 Å². The van der Waals surface area contributed by atoms with Crippen LogP contribution in [0.4, 0.5) is 0 Å². The van der Waals surface area contributed by atoms with Crippen LogP contribution in [-0.2, 0) is 10.2 Å². The van der Waals surface area contributed by atoms with Gasteiger partial charge in [0.2, 0.25) is 0 Å². The molecule has 1 aliphatic carbocycles. The fourth-order valence-electron chi connectivity index (χ4n) is 2.40. The molecule has 0 aliphatic heterocycles. The number of para-hydroxylation sites is 1. The number of carboxylic acid groups (broad SMARTS) is 1. The summed E-state index contributed by atoms with van der Waals surface area (Å²) in [4.78, 5) is 22.3. The van der Waals surface area contributed by atoms with Gasteiger partial charge >= 0.3 is 10.9 Å². The summed E-state index contributed by atoms with van der Waals surface area (Å²) in [6.07, 6.45) is 2.12. The number of carboxylic acids is 1. The molecule has 1 heterocycles. The number of benzene rings is 1. The highest BCUT2D eigenvalue weighted by molar-refractivity contribution is 7.16. The van der Waals surface area contributed by atoms with E-state index in [1.54, 1.807) is 18.2 Å². The Balaban J connectivity index is 2.29. The molecule has 0 atom stereocenters. The third kappa shape index (κ3) is 1.35. The van der Waals surface area contributed by atoms with E-state index in [4.69, 9.17) is 4.42 Å². The van der Waals surface area contributed by atoms with E-state index >= 15 is 0 Å². The Morgan fingerprint density at radius 1 is 1.41 bits per heavy atom. The summed E-state index contributed by atoms with van der Waals surface area (Å²) < 4.78 is 5.85. The highest BCUT2D eigenvalue weighted by Gasteiger charge is 2.47. The van der Waals surface area contributed by atoms with Gasteiger partial charge in [0.15, 0.2) is 5.58 Å². The molecule has 1 N–H and O–H groups in total. The lowest BCUT2D eigenvalue weighted by molar-refractivity contribution is -0.147. The van der Waals surface area contributed by atoms with Gasteiger partial charge in [-0.15, -0.1) is 0 Å². The zero-order valence-electron chi connectivity index (χ0n) is 8.93. The van der Waals surface area contributed by atoms with E-state index in [2.05, 4.69) is 0 Å². The van der Waals surface area contributed by atoms with E-state index in [-0.39, 0.29) is 4.94 Å². The van der Waals surface area contributed by atoms with E-state index in [0.29, 0.717) is 24.0 Å². The number of hydrogen-bond acceptors (Lipinski definition) is 4. The molecular formula is C12H10O4S. The van der Waals surface area contributed by atoms with Crippen LogP contribution < -0.4 is 4.94 Å². The summed E-state index contributed by atoms with van der Waals surface area (Å²) in [6, 6.07) is 5.32. The van der Waals surface area contributed by atoms with Crippen molar-refractivity contribution >= 4 is 27.6 Å². The van der Waals surface area contributed by atoms with Crippen molar-refractivity contribution in [1.29, 1.82) is 0 Å². The lowest BCUT2D eigenvalue weighted by Gasteiger charge is -2.37. The fourth-order valence-corrected chi connectivity index (χ4v) is 3.10. The molecule has 88 valence electrons. The van der Waals surface area contributed by atoms with Gasteiger partial charge in [0.1, 0.15) is 0 Å². The van der Waals surface area contributed by atoms with Crippen LogP contribution in [0.15, 0.2) is 27.4 Å². The molecule has 2 aromatic rings. The Morgan fingerprint density at radius 2 is 2.18 bits per heavy atom. The van der Waals surface area contributed by atoms with E-state index < -0.39 is 11.4 Å². The van der Waals surface area contributed by atoms with Crippen molar-refractivity contribution in [2.24, 2.45) is 0 Å². The van der Waals surface area contributed by atoms with Crippen molar-refractivity contribution in [3.8, 4) is 0 Å². The first-order valence-electron chi connectivity index (χ1n) is 5.40. The molecule has 4 nitrogen and oxygen atoms in total. The summed E-state index contributed by atoms with van der Waals surface area (Å²) in [5.41, 5.74) is 0.243. The molecule has 17 heavy (non-hydrogen) atoms. The van der Waals surface area contributed by atoms with Crippen LogP contribution in [0, 0.1) is 0 Å². The zero-order valence-corrected chi connectivity index (χ0v) is 9.75. The van der Waals surface area contributed by atoms with Gasteiger partial charge in [0, 0.05) is 5.56 Å². The van der Waals surface area contributed by atoms with E-state index in [9.17, 15) is 14.7 Å². The minimum atomic E-state index is -0.851. The Labute approximate surface area is 100 Å². The molecule has 1 aromatic carbocycles. The second-order valence-corrected chi connectivity index (χ2v) is 5.31.